The van der Waals surface area contributed by atoms with Gasteiger partial charge in [0.2, 0.25) is 0 Å². The van der Waals surface area contributed by atoms with Crippen LogP contribution in [0.1, 0.15) is 29.5 Å². The lowest BCUT2D eigenvalue weighted by molar-refractivity contribution is -0.0333. The summed E-state index contributed by atoms with van der Waals surface area (Å²) in [7, 11) is 0. The monoisotopic (exact) mass is 380 g/mol. The SMILES string of the molecule is Clc1ccc(C2CN(Cc3cc4n(n3)CCCNC4)CCO2)cc1Cl. The van der Waals surface area contributed by atoms with E-state index in [1.165, 1.54) is 5.69 Å². The fourth-order valence-corrected chi connectivity index (χ4v) is 3.79. The van der Waals surface area contributed by atoms with E-state index < -0.39 is 0 Å². The van der Waals surface area contributed by atoms with Crippen LogP contribution in [0.15, 0.2) is 24.3 Å². The fraction of sp³-hybridized carbons (Fsp3) is 0.500. The first-order valence-electron chi connectivity index (χ1n) is 8.74. The molecule has 0 radical (unpaired) electrons. The van der Waals surface area contributed by atoms with Crippen molar-refractivity contribution in [2.45, 2.75) is 32.2 Å². The highest BCUT2D eigenvalue weighted by atomic mass is 35.5. The molecular formula is C18H22Cl2N4O. The molecule has 1 atom stereocenters. The predicted molar refractivity (Wildman–Crippen MR) is 99.0 cm³/mol. The van der Waals surface area contributed by atoms with Crippen molar-refractivity contribution in [1.29, 1.82) is 0 Å². The summed E-state index contributed by atoms with van der Waals surface area (Å²) in [6.07, 6.45) is 1.15. The Kier molecular flexibility index (Phi) is 5.29. The molecule has 0 bridgehead atoms. The lowest BCUT2D eigenvalue weighted by Crippen LogP contribution is -2.37. The number of halogens is 2. The van der Waals surface area contributed by atoms with Crippen molar-refractivity contribution in [1.82, 2.24) is 20.0 Å². The van der Waals surface area contributed by atoms with E-state index in [-0.39, 0.29) is 6.10 Å². The number of benzene rings is 1. The van der Waals surface area contributed by atoms with Crippen LogP contribution in [-0.2, 0) is 24.4 Å². The van der Waals surface area contributed by atoms with Crippen molar-refractivity contribution in [2.75, 3.05) is 26.2 Å². The first-order chi connectivity index (χ1) is 12.2. The Bertz CT molecular complexity index is 725. The normalized spacial score (nSPS) is 21.8. The van der Waals surface area contributed by atoms with Gasteiger partial charge in [0.15, 0.2) is 0 Å². The number of hydrogen-bond acceptors (Lipinski definition) is 4. The molecule has 7 heteroatoms. The van der Waals surface area contributed by atoms with Gasteiger partial charge < -0.3 is 10.1 Å². The van der Waals surface area contributed by atoms with Gasteiger partial charge in [-0.25, -0.2) is 0 Å². The minimum Gasteiger partial charge on any atom is -0.371 e. The summed E-state index contributed by atoms with van der Waals surface area (Å²) < 4.78 is 8.09. The second-order valence-electron chi connectivity index (χ2n) is 6.65. The Morgan fingerprint density at radius 3 is 3.00 bits per heavy atom. The first kappa shape index (κ1) is 17.3. The third-order valence-electron chi connectivity index (χ3n) is 4.80. The number of nitrogens with zero attached hydrogens (tertiary/aromatic N) is 3. The number of ether oxygens (including phenoxy) is 1. The summed E-state index contributed by atoms with van der Waals surface area (Å²) in [5.41, 5.74) is 3.49. The maximum atomic E-state index is 6.15. The maximum Gasteiger partial charge on any atom is 0.0953 e. The van der Waals surface area contributed by atoms with Crippen molar-refractivity contribution in [3.63, 3.8) is 0 Å². The van der Waals surface area contributed by atoms with Crippen LogP contribution in [0.3, 0.4) is 0 Å². The Labute approximate surface area is 157 Å². The lowest BCUT2D eigenvalue weighted by atomic mass is 10.1. The Morgan fingerprint density at radius 1 is 1.20 bits per heavy atom. The third-order valence-corrected chi connectivity index (χ3v) is 5.53. The number of fused-ring (bicyclic) bond motifs is 1. The zero-order valence-corrected chi connectivity index (χ0v) is 15.6. The number of hydrogen-bond donors (Lipinski definition) is 1. The average Bonchev–Trinajstić information content (AvgIpc) is 2.86. The first-order valence-corrected chi connectivity index (χ1v) is 9.50. The Hall–Kier alpha value is -1.11. The van der Waals surface area contributed by atoms with Crippen LogP contribution < -0.4 is 5.32 Å². The summed E-state index contributed by atoms with van der Waals surface area (Å²) in [6, 6.07) is 7.96. The zero-order valence-electron chi connectivity index (χ0n) is 14.0. The van der Waals surface area contributed by atoms with E-state index in [4.69, 9.17) is 33.0 Å². The smallest absolute Gasteiger partial charge is 0.0953 e. The lowest BCUT2D eigenvalue weighted by Gasteiger charge is -2.32. The molecule has 134 valence electrons. The van der Waals surface area contributed by atoms with Crippen LogP contribution in [0, 0.1) is 0 Å². The molecule has 2 aromatic rings. The summed E-state index contributed by atoms with van der Waals surface area (Å²) >= 11 is 12.2. The quantitative estimate of drug-likeness (QED) is 0.887. The van der Waals surface area contributed by atoms with Crippen LogP contribution in [0.25, 0.3) is 0 Å². The van der Waals surface area contributed by atoms with Gasteiger partial charge in [0, 0.05) is 32.7 Å². The molecule has 3 heterocycles. The van der Waals surface area contributed by atoms with Crippen LogP contribution >= 0.6 is 23.2 Å². The molecule has 0 saturated carbocycles. The third kappa shape index (κ3) is 4.01. The van der Waals surface area contributed by atoms with Gasteiger partial charge in [-0.1, -0.05) is 29.3 Å². The minimum absolute atomic E-state index is 0.0191. The van der Waals surface area contributed by atoms with Gasteiger partial charge in [0.1, 0.15) is 0 Å². The molecule has 1 aromatic carbocycles. The standard InChI is InChI=1S/C18H22Cl2N4O/c19-16-3-2-13(8-17(16)20)18-12-23(6-7-25-18)11-14-9-15-10-21-4-1-5-24(15)22-14/h2-3,8-9,18,21H,1,4-7,10-12H2. The van der Waals surface area contributed by atoms with Crippen molar-refractivity contribution in [3.8, 4) is 0 Å². The predicted octanol–water partition coefficient (Wildman–Crippen LogP) is 3.26. The zero-order chi connectivity index (χ0) is 17.2. The van der Waals surface area contributed by atoms with E-state index in [1.54, 1.807) is 0 Å². The van der Waals surface area contributed by atoms with Gasteiger partial charge >= 0.3 is 0 Å². The highest BCUT2D eigenvalue weighted by Gasteiger charge is 2.23. The highest BCUT2D eigenvalue weighted by Crippen LogP contribution is 2.29. The fourth-order valence-electron chi connectivity index (χ4n) is 3.49. The van der Waals surface area contributed by atoms with Gasteiger partial charge in [0.25, 0.3) is 0 Å². The van der Waals surface area contributed by atoms with Gasteiger partial charge in [-0.2, -0.15) is 5.10 Å². The number of aromatic nitrogens is 2. The molecule has 25 heavy (non-hydrogen) atoms. The van der Waals surface area contributed by atoms with Crippen molar-refractivity contribution >= 4 is 23.2 Å². The molecule has 4 rings (SSSR count). The largest absolute Gasteiger partial charge is 0.371 e. The minimum atomic E-state index is 0.0191. The Balaban J connectivity index is 1.43. The van der Waals surface area contributed by atoms with E-state index in [9.17, 15) is 0 Å². The van der Waals surface area contributed by atoms with E-state index in [2.05, 4.69) is 21.0 Å². The number of rotatable bonds is 3. The molecule has 0 aliphatic carbocycles. The van der Waals surface area contributed by atoms with Gasteiger partial charge in [0.05, 0.1) is 34.1 Å². The number of aryl methyl sites for hydroxylation is 1. The molecule has 0 spiro atoms. The van der Waals surface area contributed by atoms with Crippen LogP contribution in [-0.4, -0.2) is 40.9 Å². The average molecular weight is 381 g/mol. The van der Waals surface area contributed by atoms with Gasteiger partial charge in [-0.05, 0) is 36.7 Å². The van der Waals surface area contributed by atoms with Crippen molar-refractivity contribution in [2.24, 2.45) is 0 Å². The number of nitrogens with one attached hydrogen (secondary N) is 1. The van der Waals surface area contributed by atoms with E-state index >= 15 is 0 Å². The van der Waals surface area contributed by atoms with Gasteiger partial charge in [-0.3, -0.25) is 9.58 Å². The molecule has 2 aliphatic heterocycles. The van der Waals surface area contributed by atoms with Crippen LogP contribution in [0.2, 0.25) is 10.0 Å². The summed E-state index contributed by atoms with van der Waals surface area (Å²) in [6.45, 7) is 6.27. The van der Waals surface area contributed by atoms with E-state index in [0.717, 1.165) is 56.9 Å². The number of morpholine rings is 1. The van der Waals surface area contributed by atoms with Crippen LogP contribution in [0.4, 0.5) is 0 Å². The van der Waals surface area contributed by atoms with Crippen molar-refractivity contribution in [3.05, 3.63) is 51.3 Å². The molecule has 1 fully saturated rings. The molecule has 0 amide bonds. The van der Waals surface area contributed by atoms with E-state index in [0.29, 0.717) is 16.7 Å². The van der Waals surface area contributed by atoms with Crippen molar-refractivity contribution < 1.29 is 4.74 Å². The molecule has 1 aromatic heterocycles. The topological polar surface area (TPSA) is 42.3 Å². The molecule has 1 unspecified atom stereocenters. The maximum absolute atomic E-state index is 6.15. The van der Waals surface area contributed by atoms with Crippen LogP contribution in [0.5, 0.6) is 0 Å². The second-order valence-corrected chi connectivity index (χ2v) is 7.46. The molecule has 5 nitrogen and oxygen atoms in total. The second kappa shape index (κ2) is 7.64. The summed E-state index contributed by atoms with van der Waals surface area (Å²) in [5, 5.41) is 9.37. The molecule has 1 N–H and O–H groups in total. The molecule has 2 aliphatic rings. The summed E-state index contributed by atoms with van der Waals surface area (Å²) in [5.74, 6) is 0. The highest BCUT2D eigenvalue weighted by molar-refractivity contribution is 6.42. The Morgan fingerprint density at radius 2 is 2.12 bits per heavy atom. The van der Waals surface area contributed by atoms with Gasteiger partial charge in [-0.15, -0.1) is 0 Å². The summed E-state index contributed by atoms with van der Waals surface area (Å²) in [4.78, 5) is 2.40. The molecular weight excluding hydrogens is 359 g/mol. The van der Waals surface area contributed by atoms with E-state index in [1.807, 2.05) is 18.2 Å². The molecule has 1 saturated heterocycles.